The van der Waals surface area contributed by atoms with Gasteiger partial charge in [0.05, 0.1) is 7.11 Å². The highest BCUT2D eigenvalue weighted by atomic mass is 16.5. The fourth-order valence-electron chi connectivity index (χ4n) is 2.76. The number of rotatable bonds is 5. The van der Waals surface area contributed by atoms with E-state index in [2.05, 4.69) is 24.0 Å². The monoisotopic (exact) mass is 292 g/mol. The topological polar surface area (TPSA) is 53.0 Å². The second-order valence-electron chi connectivity index (χ2n) is 5.63. The van der Waals surface area contributed by atoms with Crippen molar-refractivity contribution in [3.05, 3.63) is 29.3 Å². The van der Waals surface area contributed by atoms with Gasteiger partial charge < -0.3 is 9.84 Å². The van der Waals surface area contributed by atoms with Crippen LogP contribution < -0.4 is 4.74 Å². The minimum atomic E-state index is -0.741. The van der Waals surface area contributed by atoms with Crippen LogP contribution in [-0.4, -0.2) is 60.2 Å². The third kappa shape index (κ3) is 3.95. The van der Waals surface area contributed by atoms with Crippen molar-refractivity contribution in [1.82, 2.24) is 9.80 Å². The first-order valence-electron chi connectivity index (χ1n) is 7.34. The Labute approximate surface area is 126 Å². The molecule has 5 nitrogen and oxygen atoms in total. The molecular formula is C16H24N2O3. The number of carbonyl (C=O) groups is 1. The Morgan fingerprint density at radius 3 is 2.52 bits per heavy atom. The number of ether oxygens (including phenoxy) is 1. The van der Waals surface area contributed by atoms with Crippen LogP contribution in [0.4, 0.5) is 0 Å². The predicted octanol–water partition coefficient (Wildman–Crippen LogP) is 1.59. The Morgan fingerprint density at radius 2 is 2.00 bits per heavy atom. The molecule has 0 spiro atoms. The lowest BCUT2D eigenvalue weighted by Gasteiger charge is -2.36. The summed E-state index contributed by atoms with van der Waals surface area (Å²) >= 11 is 0. The fourth-order valence-corrected chi connectivity index (χ4v) is 2.76. The molecule has 21 heavy (non-hydrogen) atoms. The van der Waals surface area contributed by atoms with E-state index >= 15 is 0 Å². The van der Waals surface area contributed by atoms with E-state index in [1.807, 2.05) is 11.0 Å². The molecule has 0 aliphatic carbocycles. The van der Waals surface area contributed by atoms with Crippen LogP contribution >= 0.6 is 0 Å². The standard InChI is InChI=1S/C16H24N2O3/c1-12-10-14(4-5-15(12)21-3)11-17-6-8-18(9-7-17)13(2)16(19)20/h4-5,10,13H,6-9,11H2,1-3H3,(H,19,20). The number of aryl methyl sites for hydroxylation is 1. The van der Waals surface area contributed by atoms with Crippen LogP contribution in [0.5, 0.6) is 5.75 Å². The molecule has 1 atom stereocenters. The van der Waals surface area contributed by atoms with Crippen molar-refractivity contribution in [3.8, 4) is 5.75 Å². The predicted molar refractivity (Wildman–Crippen MR) is 81.7 cm³/mol. The van der Waals surface area contributed by atoms with Crippen molar-refractivity contribution in [2.75, 3.05) is 33.3 Å². The van der Waals surface area contributed by atoms with E-state index in [9.17, 15) is 4.79 Å². The van der Waals surface area contributed by atoms with E-state index in [4.69, 9.17) is 9.84 Å². The zero-order valence-corrected chi connectivity index (χ0v) is 13.0. The van der Waals surface area contributed by atoms with Crippen LogP contribution in [0.1, 0.15) is 18.1 Å². The number of benzene rings is 1. The molecule has 116 valence electrons. The van der Waals surface area contributed by atoms with Crippen LogP contribution in [0, 0.1) is 6.92 Å². The first kappa shape index (κ1) is 15.8. The van der Waals surface area contributed by atoms with E-state index in [1.54, 1.807) is 14.0 Å². The number of piperazine rings is 1. The van der Waals surface area contributed by atoms with Gasteiger partial charge in [-0.3, -0.25) is 14.6 Å². The maximum Gasteiger partial charge on any atom is 0.320 e. The summed E-state index contributed by atoms with van der Waals surface area (Å²) in [6.45, 7) is 8.14. The Hall–Kier alpha value is -1.59. The number of hydrogen-bond acceptors (Lipinski definition) is 4. The Kier molecular flexibility index (Phi) is 5.20. The van der Waals surface area contributed by atoms with Crippen LogP contribution in [0.3, 0.4) is 0 Å². The highest BCUT2D eigenvalue weighted by molar-refractivity contribution is 5.72. The lowest BCUT2D eigenvalue weighted by molar-refractivity contribution is -0.143. The van der Waals surface area contributed by atoms with Gasteiger partial charge in [0.25, 0.3) is 0 Å². The van der Waals surface area contributed by atoms with Crippen molar-refractivity contribution >= 4 is 5.97 Å². The number of methoxy groups -OCH3 is 1. The van der Waals surface area contributed by atoms with Crippen LogP contribution in [0.2, 0.25) is 0 Å². The zero-order chi connectivity index (χ0) is 15.4. The van der Waals surface area contributed by atoms with Gasteiger partial charge in [-0.2, -0.15) is 0 Å². The van der Waals surface area contributed by atoms with Crippen molar-refractivity contribution in [3.63, 3.8) is 0 Å². The smallest absolute Gasteiger partial charge is 0.320 e. The van der Waals surface area contributed by atoms with Crippen LogP contribution in [0.15, 0.2) is 18.2 Å². The number of aliphatic carboxylic acids is 1. The Morgan fingerprint density at radius 1 is 1.33 bits per heavy atom. The van der Waals surface area contributed by atoms with Gasteiger partial charge >= 0.3 is 5.97 Å². The largest absolute Gasteiger partial charge is 0.496 e. The van der Waals surface area contributed by atoms with Crippen molar-refractivity contribution in [2.24, 2.45) is 0 Å². The van der Waals surface area contributed by atoms with E-state index in [0.29, 0.717) is 0 Å². The number of carboxylic acids is 1. The van der Waals surface area contributed by atoms with Gasteiger partial charge in [0.2, 0.25) is 0 Å². The second-order valence-corrected chi connectivity index (χ2v) is 5.63. The number of hydrogen-bond donors (Lipinski definition) is 1. The highest BCUT2D eigenvalue weighted by Gasteiger charge is 2.25. The van der Waals surface area contributed by atoms with E-state index in [1.165, 1.54) is 5.56 Å². The van der Waals surface area contributed by atoms with Crippen molar-refractivity contribution < 1.29 is 14.6 Å². The molecule has 2 rings (SSSR count). The quantitative estimate of drug-likeness (QED) is 0.893. The molecule has 1 unspecified atom stereocenters. The average molecular weight is 292 g/mol. The first-order chi connectivity index (χ1) is 10.0. The van der Waals surface area contributed by atoms with Gasteiger partial charge in [0, 0.05) is 32.7 Å². The number of carboxylic acid groups (broad SMARTS) is 1. The minimum Gasteiger partial charge on any atom is -0.496 e. The maximum absolute atomic E-state index is 11.0. The van der Waals surface area contributed by atoms with Gasteiger partial charge in [-0.25, -0.2) is 0 Å². The normalized spacial score (nSPS) is 18.4. The summed E-state index contributed by atoms with van der Waals surface area (Å²) in [5.74, 6) is 0.174. The molecule has 1 N–H and O–H groups in total. The highest BCUT2D eigenvalue weighted by Crippen LogP contribution is 2.20. The second kappa shape index (κ2) is 6.91. The fraction of sp³-hybridized carbons (Fsp3) is 0.562. The van der Waals surface area contributed by atoms with Crippen molar-refractivity contribution in [1.29, 1.82) is 0 Å². The van der Waals surface area contributed by atoms with Gasteiger partial charge in [0.15, 0.2) is 0 Å². The third-order valence-corrected chi connectivity index (χ3v) is 4.18. The summed E-state index contributed by atoms with van der Waals surface area (Å²) in [6, 6.07) is 5.87. The van der Waals surface area contributed by atoms with Crippen LogP contribution in [-0.2, 0) is 11.3 Å². The van der Waals surface area contributed by atoms with Crippen molar-refractivity contribution in [2.45, 2.75) is 26.4 Å². The zero-order valence-electron chi connectivity index (χ0n) is 13.0. The maximum atomic E-state index is 11.0. The van der Waals surface area contributed by atoms with Gasteiger partial charge in [-0.1, -0.05) is 12.1 Å². The lowest BCUT2D eigenvalue weighted by atomic mass is 10.1. The molecule has 0 bridgehead atoms. The lowest BCUT2D eigenvalue weighted by Crippen LogP contribution is -2.51. The first-order valence-corrected chi connectivity index (χ1v) is 7.34. The molecule has 1 saturated heterocycles. The molecule has 1 fully saturated rings. The molecule has 5 heteroatoms. The molecule has 0 aromatic heterocycles. The molecule has 0 radical (unpaired) electrons. The summed E-state index contributed by atoms with van der Waals surface area (Å²) in [5, 5.41) is 9.05. The molecule has 1 aromatic carbocycles. The number of nitrogens with zero attached hydrogens (tertiary/aromatic N) is 2. The van der Waals surface area contributed by atoms with Gasteiger partial charge in [-0.05, 0) is 31.0 Å². The SMILES string of the molecule is COc1ccc(CN2CCN(C(C)C(=O)O)CC2)cc1C. The molecule has 0 amide bonds. The minimum absolute atomic E-state index is 0.393. The summed E-state index contributed by atoms with van der Waals surface area (Å²) in [6.07, 6.45) is 0. The summed E-state index contributed by atoms with van der Waals surface area (Å²) in [5.41, 5.74) is 2.42. The summed E-state index contributed by atoms with van der Waals surface area (Å²) in [4.78, 5) is 15.4. The molecule has 0 saturated carbocycles. The van der Waals surface area contributed by atoms with E-state index in [0.717, 1.165) is 44.0 Å². The Balaban J connectivity index is 1.89. The van der Waals surface area contributed by atoms with Crippen LogP contribution in [0.25, 0.3) is 0 Å². The van der Waals surface area contributed by atoms with Gasteiger partial charge in [-0.15, -0.1) is 0 Å². The third-order valence-electron chi connectivity index (χ3n) is 4.18. The average Bonchev–Trinajstić information content (AvgIpc) is 2.47. The molecule has 1 aliphatic rings. The van der Waals surface area contributed by atoms with E-state index < -0.39 is 12.0 Å². The molecule has 1 aromatic rings. The summed E-state index contributed by atoms with van der Waals surface area (Å²) in [7, 11) is 1.69. The summed E-state index contributed by atoms with van der Waals surface area (Å²) < 4.78 is 5.28. The molecule has 1 aliphatic heterocycles. The Bertz CT molecular complexity index is 496. The molecule has 1 heterocycles. The van der Waals surface area contributed by atoms with E-state index in [-0.39, 0.29) is 0 Å². The molecular weight excluding hydrogens is 268 g/mol. The van der Waals surface area contributed by atoms with Gasteiger partial charge in [0.1, 0.15) is 11.8 Å².